The first-order chi connectivity index (χ1) is 14.4. The zero-order valence-electron chi connectivity index (χ0n) is 16.6. The summed E-state index contributed by atoms with van der Waals surface area (Å²) in [7, 11) is 0. The van der Waals surface area contributed by atoms with E-state index in [2.05, 4.69) is 6.58 Å². The summed E-state index contributed by atoms with van der Waals surface area (Å²) in [5.41, 5.74) is 1.94. The van der Waals surface area contributed by atoms with E-state index in [0.717, 1.165) is 11.1 Å². The molecule has 2 aliphatic rings. The minimum absolute atomic E-state index is 0.00296. The predicted molar refractivity (Wildman–Crippen MR) is 105 cm³/mol. The normalized spacial score (nSPS) is 37.1. The van der Waals surface area contributed by atoms with Gasteiger partial charge in [-0.25, -0.2) is 0 Å². The standard InChI is InChI=1S/C21H30O9/c1-2-12-3-5-13(6-4-12)10-27-11-17-21(26)15(24)8-19(29-17)30-18-7-14(23)20(25)16(9-22)28-18/h2-6,14-26H,1,7-11H2/t14?,15?,16?,17?,18-,19-,20+,21+/m1/s1. The third-order valence-electron chi connectivity index (χ3n) is 5.32. The molecule has 3 rings (SSSR count). The second-order valence-corrected chi connectivity index (χ2v) is 7.57. The SMILES string of the molecule is C=Cc1ccc(COCC2O[C@H](O[C@@H]3CC(O)[C@H](O)C(CO)O3)CC(O)[C@@H]2O)cc1. The molecular formula is C21H30O9. The molecule has 0 spiro atoms. The molecule has 2 heterocycles. The van der Waals surface area contributed by atoms with Gasteiger partial charge in [-0.2, -0.15) is 0 Å². The van der Waals surface area contributed by atoms with Gasteiger partial charge in [0, 0.05) is 12.8 Å². The van der Waals surface area contributed by atoms with Gasteiger partial charge in [0.2, 0.25) is 0 Å². The van der Waals surface area contributed by atoms with E-state index in [0.29, 0.717) is 6.61 Å². The highest BCUT2D eigenvalue weighted by Gasteiger charge is 2.42. The van der Waals surface area contributed by atoms with E-state index in [1.165, 1.54) is 0 Å². The van der Waals surface area contributed by atoms with Crippen LogP contribution >= 0.6 is 0 Å². The van der Waals surface area contributed by atoms with Crippen molar-refractivity contribution in [1.82, 2.24) is 0 Å². The van der Waals surface area contributed by atoms with Gasteiger partial charge in [-0.15, -0.1) is 0 Å². The molecule has 2 saturated heterocycles. The fourth-order valence-corrected chi connectivity index (χ4v) is 3.51. The summed E-state index contributed by atoms with van der Waals surface area (Å²) in [6.07, 6.45) is -6.47. The van der Waals surface area contributed by atoms with E-state index < -0.39 is 55.8 Å². The molecule has 2 fully saturated rings. The fraction of sp³-hybridized carbons (Fsp3) is 0.619. The van der Waals surface area contributed by atoms with Gasteiger partial charge in [-0.1, -0.05) is 36.9 Å². The molecule has 2 aliphatic heterocycles. The van der Waals surface area contributed by atoms with Gasteiger partial charge in [-0.3, -0.25) is 0 Å². The number of hydrogen-bond donors (Lipinski definition) is 5. The Morgan fingerprint density at radius 3 is 2.07 bits per heavy atom. The van der Waals surface area contributed by atoms with E-state index in [1.807, 2.05) is 24.3 Å². The van der Waals surface area contributed by atoms with Crippen LogP contribution in [0.2, 0.25) is 0 Å². The molecule has 30 heavy (non-hydrogen) atoms. The van der Waals surface area contributed by atoms with Crippen LogP contribution in [0, 0.1) is 0 Å². The number of benzene rings is 1. The third kappa shape index (κ3) is 5.85. The van der Waals surface area contributed by atoms with Crippen molar-refractivity contribution >= 4 is 6.08 Å². The smallest absolute Gasteiger partial charge is 0.163 e. The van der Waals surface area contributed by atoms with Gasteiger partial charge in [0.15, 0.2) is 12.6 Å². The van der Waals surface area contributed by atoms with E-state index in [9.17, 15) is 25.5 Å². The van der Waals surface area contributed by atoms with Crippen LogP contribution in [0.15, 0.2) is 30.8 Å². The zero-order valence-corrected chi connectivity index (χ0v) is 16.6. The summed E-state index contributed by atoms with van der Waals surface area (Å²) in [5.74, 6) is 0. The molecule has 5 N–H and O–H groups in total. The van der Waals surface area contributed by atoms with Crippen molar-refractivity contribution in [3.8, 4) is 0 Å². The van der Waals surface area contributed by atoms with Crippen LogP contribution in [0.25, 0.3) is 6.08 Å². The highest BCUT2D eigenvalue weighted by atomic mass is 16.8. The van der Waals surface area contributed by atoms with Crippen LogP contribution < -0.4 is 0 Å². The number of hydrogen-bond acceptors (Lipinski definition) is 9. The quantitative estimate of drug-likeness (QED) is 0.373. The fourth-order valence-electron chi connectivity index (χ4n) is 3.51. The second kappa shape index (κ2) is 10.8. The van der Waals surface area contributed by atoms with Gasteiger partial charge in [-0.05, 0) is 11.1 Å². The Kier molecular flexibility index (Phi) is 8.35. The highest BCUT2D eigenvalue weighted by molar-refractivity contribution is 5.47. The predicted octanol–water partition coefficient (Wildman–Crippen LogP) is -0.471. The molecule has 8 atom stereocenters. The van der Waals surface area contributed by atoms with Crippen molar-refractivity contribution < 1.29 is 44.5 Å². The molecule has 1 aromatic carbocycles. The van der Waals surface area contributed by atoms with Gasteiger partial charge in [0.05, 0.1) is 32.0 Å². The first kappa shape index (κ1) is 23.3. The van der Waals surface area contributed by atoms with Crippen molar-refractivity contribution in [2.45, 2.75) is 68.7 Å². The molecule has 0 aliphatic carbocycles. The van der Waals surface area contributed by atoms with Crippen LogP contribution in [0.5, 0.6) is 0 Å². The van der Waals surface area contributed by atoms with Gasteiger partial charge < -0.3 is 44.5 Å². The Labute approximate surface area is 175 Å². The lowest BCUT2D eigenvalue weighted by molar-refractivity contribution is -0.334. The number of ether oxygens (including phenoxy) is 4. The van der Waals surface area contributed by atoms with Crippen molar-refractivity contribution in [3.63, 3.8) is 0 Å². The summed E-state index contributed by atoms with van der Waals surface area (Å²) >= 11 is 0. The Hall–Kier alpha value is -1.40. The van der Waals surface area contributed by atoms with Gasteiger partial charge in [0.1, 0.15) is 24.4 Å². The largest absolute Gasteiger partial charge is 0.394 e. The average Bonchev–Trinajstić information content (AvgIpc) is 2.74. The van der Waals surface area contributed by atoms with Crippen LogP contribution in [0.4, 0.5) is 0 Å². The molecule has 0 saturated carbocycles. The summed E-state index contributed by atoms with van der Waals surface area (Å²) < 4.78 is 22.5. The van der Waals surface area contributed by atoms with Crippen molar-refractivity contribution in [2.24, 2.45) is 0 Å². The van der Waals surface area contributed by atoms with Crippen molar-refractivity contribution in [3.05, 3.63) is 42.0 Å². The first-order valence-electron chi connectivity index (χ1n) is 10.00. The summed E-state index contributed by atoms with van der Waals surface area (Å²) in [6, 6.07) is 7.65. The molecule has 1 aromatic rings. The number of rotatable bonds is 8. The molecular weight excluding hydrogens is 396 g/mol. The lowest BCUT2D eigenvalue weighted by atomic mass is 10.0. The minimum Gasteiger partial charge on any atom is -0.394 e. The van der Waals surface area contributed by atoms with Gasteiger partial charge in [0.25, 0.3) is 0 Å². The van der Waals surface area contributed by atoms with E-state index >= 15 is 0 Å². The minimum atomic E-state index is -1.21. The number of aliphatic hydroxyl groups is 5. The third-order valence-corrected chi connectivity index (χ3v) is 5.32. The Balaban J connectivity index is 1.51. The topological polar surface area (TPSA) is 138 Å². The Morgan fingerprint density at radius 1 is 0.933 bits per heavy atom. The first-order valence-corrected chi connectivity index (χ1v) is 10.00. The van der Waals surface area contributed by atoms with Crippen molar-refractivity contribution in [1.29, 1.82) is 0 Å². The average molecular weight is 426 g/mol. The van der Waals surface area contributed by atoms with Crippen LogP contribution in [0.3, 0.4) is 0 Å². The summed E-state index contributed by atoms with van der Waals surface area (Å²) in [4.78, 5) is 0. The van der Waals surface area contributed by atoms with Crippen LogP contribution in [-0.4, -0.2) is 88.0 Å². The monoisotopic (exact) mass is 426 g/mol. The lowest BCUT2D eigenvalue weighted by Gasteiger charge is -2.41. The maximum atomic E-state index is 10.2. The summed E-state index contributed by atoms with van der Waals surface area (Å²) in [5, 5.41) is 49.3. The zero-order chi connectivity index (χ0) is 21.7. The van der Waals surface area contributed by atoms with E-state index in [1.54, 1.807) is 6.08 Å². The van der Waals surface area contributed by atoms with E-state index in [-0.39, 0.29) is 19.4 Å². The Morgan fingerprint density at radius 2 is 1.50 bits per heavy atom. The van der Waals surface area contributed by atoms with Crippen molar-refractivity contribution in [2.75, 3.05) is 13.2 Å². The molecule has 4 unspecified atom stereocenters. The van der Waals surface area contributed by atoms with E-state index in [4.69, 9.17) is 18.9 Å². The Bertz CT molecular complexity index is 667. The maximum Gasteiger partial charge on any atom is 0.163 e. The van der Waals surface area contributed by atoms with Crippen LogP contribution in [-0.2, 0) is 25.6 Å². The molecule has 0 amide bonds. The molecule has 9 heteroatoms. The number of aliphatic hydroxyl groups excluding tert-OH is 5. The lowest BCUT2D eigenvalue weighted by Crippen LogP contribution is -2.54. The van der Waals surface area contributed by atoms with Crippen LogP contribution in [0.1, 0.15) is 24.0 Å². The molecule has 168 valence electrons. The molecule has 0 bridgehead atoms. The molecule has 0 aromatic heterocycles. The highest BCUT2D eigenvalue weighted by Crippen LogP contribution is 2.27. The maximum absolute atomic E-state index is 10.2. The molecule has 0 radical (unpaired) electrons. The molecule has 9 nitrogen and oxygen atoms in total. The second-order valence-electron chi connectivity index (χ2n) is 7.57. The summed E-state index contributed by atoms with van der Waals surface area (Å²) in [6.45, 7) is 3.57. The van der Waals surface area contributed by atoms with Gasteiger partial charge >= 0.3 is 0 Å².